The summed E-state index contributed by atoms with van der Waals surface area (Å²) >= 11 is 1.50. The van der Waals surface area contributed by atoms with Crippen LogP contribution in [0.5, 0.6) is 11.5 Å². The Balaban J connectivity index is 3.47. The highest BCUT2D eigenvalue weighted by Gasteiger charge is 2.13. The zero-order valence-electron chi connectivity index (χ0n) is 9.07. The van der Waals surface area contributed by atoms with Gasteiger partial charge in [0.25, 0.3) is 0 Å². The first-order chi connectivity index (χ1) is 7.15. The molecule has 0 aromatic heterocycles. The number of aromatic hydroxyl groups is 1. The number of benzene rings is 1. The fourth-order valence-corrected chi connectivity index (χ4v) is 2.05. The van der Waals surface area contributed by atoms with E-state index in [1.807, 2.05) is 25.3 Å². The number of nitrogen functional groups attached to an aromatic ring is 1. The number of phenols is 1. The maximum atomic E-state index is 9.91. The van der Waals surface area contributed by atoms with Gasteiger partial charge in [-0.1, -0.05) is 12.2 Å². The second kappa shape index (κ2) is 4.98. The van der Waals surface area contributed by atoms with Crippen LogP contribution < -0.4 is 10.5 Å². The van der Waals surface area contributed by atoms with Crippen molar-refractivity contribution >= 4 is 23.5 Å². The predicted octanol–water partition coefficient (Wildman–Crippen LogP) is 2.74. The van der Waals surface area contributed by atoms with Crippen molar-refractivity contribution in [2.45, 2.75) is 11.8 Å². The Morgan fingerprint density at radius 2 is 2.20 bits per heavy atom. The van der Waals surface area contributed by atoms with Gasteiger partial charge in [-0.2, -0.15) is 0 Å². The third-order valence-electron chi connectivity index (χ3n) is 2.04. The molecule has 0 amide bonds. The van der Waals surface area contributed by atoms with Crippen LogP contribution in [0.3, 0.4) is 0 Å². The molecule has 1 aromatic carbocycles. The molecule has 1 rings (SSSR count). The Hall–Kier alpha value is -1.29. The second-order valence-electron chi connectivity index (χ2n) is 2.96. The van der Waals surface area contributed by atoms with Crippen molar-refractivity contribution in [3.05, 3.63) is 17.7 Å². The van der Waals surface area contributed by atoms with Crippen LogP contribution in [-0.4, -0.2) is 18.5 Å². The van der Waals surface area contributed by atoms with E-state index in [0.29, 0.717) is 17.0 Å². The van der Waals surface area contributed by atoms with Crippen molar-refractivity contribution in [3.8, 4) is 11.5 Å². The summed E-state index contributed by atoms with van der Waals surface area (Å²) in [5.74, 6) is 0.535. The molecular weight excluding hydrogens is 210 g/mol. The maximum Gasteiger partial charge on any atom is 0.166 e. The highest BCUT2D eigenvalue weighted by Crippen LogP contribution is 2.41. The number of methoxy groups -OCH3 is 1. The summed E-state index contributed by atoms with van der Waals surface area (Å²) in [6.45, 7) is 1.89. The molecule has 3 nitrogen and oxygen atoms in total. The van der Waals surface area contributed by atoms with Crippen molar-refractivity contribution < 1.29 is 9.84 Å². The molecule has 0 aliphatic heterocycles. The number of hydrogen-bond acceptors (Lipinski definition) is 4. The van der Waals surface area contributed by atoms with E-state index in [-0.39, 0.29) is 5.75 Å². The minimum absolute atomic E-state index is 0.133. The Labute approximate surface area is 93.9 Å². The highest BCUT2D eigenvalue weighted by atomic mass is 32.2. The molecular formula is C11H15NO2S. The van der Waals surface area contributed by atoms with Crippen molar-refractivity contribution in [1.29, 1.82) is 0 Å². The van der Waals surface area contributed by atoms with E-state index in [0.717, 1.165) is 4.90 Å². The van der Waals surface area contributed by atoms with Crippen molar-refractivity contribution in [2.75, 3.05) is 19.1 Å². The van der Waals surface area contributed by atoms with E-state index >= 15 is 0 Å². The average Bonchev–Trinajstić information content (AvgIpc) is 2.23. The Morgan fingerprint density at radius 1 is 1.53 bits per heavy atom. The SMILES string of the molecule is C/C=C/c1c(O)c(OC)cc(N)c1SC. The summed E-state index contributed by atoms with van der Waals surface area (Å²) in [6.07, 6.45) is 5.60. The molecule has 15 heavy (non-hydrogen) atoms. The first-order valence-electron chi connectivity index (χ1n) is 4.51. The van der Waals surface area contributed by atoms with Gasteiger partial charge in [0.05, 0.1) is 7.11 Å². The van der Waals surface area contributed by atoms with E-state index in [2.05, 4.69) is 0 Å². The Morgan fingerprint density at radius 3 is 2.67 bits per heavy atom. The first-order valence-corrected chi connectivity index (χ1v) is 5.74. The minimum Gasteiger partial charge on any atom is -0.504 e. The lowest BCUT2D eigenvalue weighted by atomic mass is 10.1. The van der Waals surface area contributed by atoms with Gasteiger partial charge in [0.2, 0.25) is 0 Å². The average molecular weight is 225 g/mol. The number of anilines is 1. The summed E-state index contributed by atoms with van der Waals surface area (Å²) in [6, 6.07) is 1.63. The molecule has 1 aromatic rings. The van der Waals surface area contributed by atoms with E-state index in [1.165, 1.54) is 18.9 Å². The van der Waals surface area contributed by atoms with Gasteiger partial charge >= 0.3 is 0 Å². The molecule has 0 fully saturated rings. The number of thioether (sulfide) groups is 1. The molecule has 4 heteroatoms. The Bertz CT molecular complexity index is 389. The predicted molar refractivity (Wildman–Crippen MR) is 65.6 cm³/mol. The van der Waals surface area contributed by atoms with Gasteiger partial charge in [-0.25, -0.2) is 0 Å². The topological polar surface area (TPSA) is 55.5 Å². The summed E-state index contributed by atoms with van der Waals surface area (Å²) in [4.78, 5) is 0.867. The van der Waals surface area contributed by atoms with Gasteiger partial charge in [0, 0.05) is 22.2 Å². The lowest BCUT2D eigenvalue weighted by Gasteiger charge is -2.12. The monoisotopic (exact) mass is 225 g/mol. The summed E-state index contributed by atoms with van der Waals surface area (Å²) in [5, 5.41) is 9.91. The minimum atomic E-state index is 0.133. The second-order valence-corrected chi connectivity index (χ2v) is 3.78. The van der Waals surface area contributed by atoms with Gasteiger partial charge in [-0.05, 0) is 13.2 Å². The molecule has 0 spiro atoms. The summed E-state index contributed by atoms with van der Waals surface area (Å²) in [5.41, 5.74) is 7.19. The number of ether oxygens (including phenoxy) is 1. The number of hydrogen-bond donors (Lipinski definition) is 2. The summed E-state index contributed by atoms with van der Waals surface area (Å²) < 4.78 is 5.04. The lowest BCUT2D eigenvalue weighted by Crippen LogP contribution is -1.95. The first kappa shape index (κ1) is 11.8. The molecule has 0 radical (unpaired) electrons. The molecule has 0 heterocycles. The number of rotatable bonds is 3. The Kier molecular flexibility index (Phi) is 3.91. The standard InChI is InChI=1S/C11H15NO2S/c1-4-5-7-10(13)9(14-2)6-8(12)11(7)15-3/h4-6,13H,12H2,1-3H3/b5-4+. The normalized spacial score (nSPS) is 10.9. The molecule has 0 aliphatic rings. The van der Waals surface area contributed by atoms with Gasteiger partial charge in [0.15, 0.2) is 11.5 Å². The third-order valence-corrected chi connectivity index (χ3v) is 2.90. The van der Waals surface area contributed by atoms with Crippen LogP contribution >= 0.6 is 11.8 Å². The molecule has 0 aliphatic carbocycles. The van der Waals surface area contributed by atoms with Crippen LogP contribution in [0.1, 0.15) is 12.5 Å². The molecule has 0 bridgehead atoms. The van der Waals surface area contributed by atoms with Crippen molar-refractivity contribution in [1.82, 2.24) is 0 Å². The third kappa shape index (κ3) is 2.21. The van der Waals surface area contributed by atoms with E-state index in [1.54, 1.807) is 6.07 Å². The molecule has 0 saturated carbocycles. The van der Waals surface area contributed by atoms with E-state index in [9.17, 15) is 5.11 Å². The fourth-order valence-electron chi connectivity index (χ4n) is 1.38. The van der Waals surface area contributed by atoms with Gasteiger partial charge in [0.1, 0.15) is 0 Å². The van der Waals surface area contributed by atoms with Gasteiger partial charge in [-0.15, -0.1) is 11.8 Å². The van der Waals surface area contributed by atoms with Crippen LogP contribution in [0, 0.1) is 0 Å². The zero-order chi connectivity index (χ0) is 11.4. The summed E-state index contributed by atoms with van der Waals surface area (Å²) in [7, 11) is 1.51. The van der Waals surface area contributed by atoms with E-state index in [4.69, 9.17) is 10.5 Å². The largest absolute Gasteiger partial charge is 0.504 e. The van der Waals surface area contributed by atoms with Crippen LogP contribution in [0.4, 0.5) is 5.69 Å². The van der Waals surface area contributed by atoms with Crippen molar-refractivity contribution in [2.24, 2.45) is 0 Å². The van der Waals surface area contributed by atoms with Crippen LogP contribution in [0.2, 0.25) is 0 Å². The number of phenolic OH excluding ortho intramolecular Hbond substituents is 1. The molecule has 0 atom stereocenters. The maximum absolute atomic E-state index is 9.91. The zero-order valence-corrected chi connectivity index (χ0v) is 9.89. The molecule has 3 N–H and O–H groups in total. The highest BCUT2D eigenvalue weighted by molar-refractivity contribution is 7.98. The van der Waals surface area contributed by atoms with Gasteiger partial charge < -0.3 is 15.6 Å². The van der Waals surface area contributed by atoms with Gasteiger partial charge in [-0.3, -0.25) is 0 Å². The van der Waals surface area contributed by atoms with Crippen LogP contribution in [0.15, 0.2) is 17.0 Å². The van der Waals surface area contributed by atoms with Crippen LogP contribution in [-0.2, 0) is 0 Å². The molecule has 0 unspecified atom stereocenters. The molecule has 82 valence electrons. The van der Waals surface area contributed by atoms with E-state index < -0.39 is 0 Å². The number of allylic oxidation sites excluding steroid dienone is 1. The fraction of sp³-hybridized carbons (Fsp3) is 0.273. The lowest BCUT2D eigenvalue weighted by molar-refractivity contribution is 0.372. The molecule has 0 saturated heterocycles. The van der Waals surface area contributed by atoms with Crippen LogP contribution in [0.25, 0.3) is 6.08 Å². The smallest absolute Gasteiger partial charge is 0.166 e. The van der Waals surface area contributed by atoms with Crippen molar-refractivity contribution in [3.63, 3.8) is 0 Å². The quantitative estimate of drug-likeness (QED) is 0.472. The number of nitrogens with two attached hydrogens (primary N) is 1.